The lowest BCUT2D eigenvalue weighted by Crippen LogP contribution is -2.24. The molecule has 1 rings (SSSR count). The summed E-state index contributed by atoms with van der Waals surface area (Å²) in [6.07, 6.45) is 0.253. The SMILES string of the molecule is COc1ccc(C(=O)CCC(=O)OC(C)(C)C)cc1. The predicted octanol–water partition coefficient (Wildman–Crippen LogP) is 3.00. The molecule has 1 aromatic carbocycles. The minimum Gasteiger partial charge on any atom is -0.497 e. The highest BCUT2D eigenvalue weighted by molar-refractivity contribution is 5.97. The molecule has 0 aromatic heterocycles. The number of ether oxygens (including phenoxy) is 2. The Bertz CT molecular complexity index is 440. The minimum atomic E-state index is -0.514. The number of hydrogen-bond donors (Lipinski definition) is 0. The van der Waals surface area contributed by atoms with Crippen molar-refractivity contribution < 1.29 is 19.1 Å². The minimum absolute atomic E-state index is 0.0755. The molecule has 104 valence electrons. The second-order valence-electron chi connectivity index (χ2n) is 5.24. The number of carbonyl (C=O) groups is 2. The fourth-order valence-corrected chi connectivity index (χ4v) is 1.53. The Labute approximate surface area is 113 Å². The topological polar surface area (TPSA) is 52.6 Å². The quantitative estimate of drug-likeness (QED) is 0.606. The first-order chi connectivity index (χ1) is 8.81. The lowest BCUT2D eigenvalue weighted by molar-refractivity contribution is -0.154. The first kappa shape index (κ1) is 15.2. The number of rotatable bonds is 5. The molecule has 0 bridgehead atoms. The molecule has 0 amide bonds. The zero-order chi connectivity index (χ0) is 14.5. The molecule has 0 fully saturated rings. The zero-order valence-corrected chi connectivity index (χ0v) is 11.9. The van der Waals surface area contributed by atoms with Gasteiger partial charge in [0, 0.05) is 12.0 Å². The molecule has 0 heterocycles. The van der Waals surface area contributed by atoms with Crippen LogP contribution in [-0.4, -0.2) is 24.5 Å². The van der Waals surface area contributed by atoms with Gasteiger partial charge in [-0.15, -0.1) is 0 Å². The van der Waals surface area contributed by atoms with Crippen LogP contribution in [0.2, 0.25) is 0 Å². The monoisotopic (exact) mass is 264 g/mol. The lowest BCUT2D eigenvalue weighted by atomic mass is 10.1. The summed E-state index contributed by atoms with van der Waals surface area (Å²) in [7, 11) is 1.57. The molecule has 4 nitrogen and oxygen atoms in total. The van der Waals surface area contributed by atoms with Crippen molar-refractivity contribution in [2.24, 2.45) is 0 Å². The van der Waals surface area contributed by atoms with Gasteiger partial charge in [-0.05, 0) is 45.0 Å². The van der Waals surface area contributed by atoms with Crippen LogP contribution in [0.3, 0.4) is 0 Å². The van der Waals surface area contributed by atoms with Gasteiger partial charge < -0.3 is 9.47 Å². The van der Waals surface area contributed by atoms with E-state index in [2.05, 4.69) is 0 Å². The summed E-state index contributed by atoms with van der Waals surface area (Å²) in [5.74, 6) is 0.270. The Morgan fingerprint density at radius 2 is 1.63 bits per heavy atom. The molecule has 0 atom stereocenters. The van der Waals surface area contributed by atoms with Crippen molar-refractivity contribution in [2.75, 3.05) is 7.11 Å². The maximum absolute atomic E-state index is 11.9. The van der Waals surface area contributed by atoms with Crippen LogP contribution in [0.15, 0.2) is 24.3 Å². The van der Waals surface area contributed by atoms with Crippen LogP contribution < -0.4 is 4.74 Å². The standard InChI is InChI=1S/C15H20O4/c1-15(2,3)19-14(17)10-9-13(16)11-5-7-12(18-4)8-6-11/h5-8H,9-10H2,1-4H3. The van der Waals surface area contributed by atoms with Crippen molar-refractivity contribution in [3.63, 3.8) is 0 Å². The van der Waals surface area contributed by atoms with E-state index in [1.165, 1.54) is 0 Å². The van der Waals surface area contributed by atoms with Crippen LogP contribution in [-0.2, 0) is 9.53 Å². The third kappa shape index (κ3) is 5.55. The highest BCUT2D eigenvalue weighted by Gasteiger charge is 2.17. The Morgan fingerprint density at radius 3 is 2.11 bits per heavy atom. The number of methoxy groups -OCH3 is 1. The van der Waals surface area contributed by atoms with Crippen LogP contribution in [0.4, 0.5) is 0 Å². The average molecular weight is 264 g/mol. The fraction of sp³-hybridized carbons (Fsp3) is 0.467. The van der Waals surface area contributed by atoms with E-state index in [0.717, 1.165) is 0 Å². The maximum atomic E-state index is 11.9. The largest absolute Gasteiger partial charge is 0.497 e. The van der Waals surface area contributed by atoms with E-state index in [-0.39, 0.29) is 24.6 Å². The summed E-state index contributed by atoms with van der Waals surface area (Å²) < 4.78 is 10.2. The molecule has 0 aliphatic heterocycles. The van der Waals surface area contributed by atoms with E-state index >= 15 is 0 Å². The van der Waals surface area contributed by atoms with Crippen LogP contribution >= 0.6 is 0 Å². The normalized spacial score (nSPS) is 10.9. The molecule has 4 heteroatoms. The van der Waals surface area contributed by atoms with Gasteiger partial charge >= 0.3 is 5.97 Å². The number of benzene rings is 1. The van der Waals surface area contributed by atoms with E-state index in [4.69, 9.17) is 9.47 Å². The smallest absolute Gasteiger partial charge is 0.306 e. The van der Waals surface area contributed by atoms with Gasteiger partial charge in [-0.3, -0.25) is 9.59 Å². The molecule has 0 unspecified atom stereocenters. The van der Waals surface area contributed by atoms with Gasteiger partial charge in [-0.25, -0.2) is 0 Å². The van der Waals surface area contributed by atoms with E-state index in [1.807, 2.05) is 0 Å². The van der Waals surface area contributed by atoms with Gasteiger partial charge in [0.1, 0.15) is 11.4 Å². The second-order valence-corrected chi connectivity index (χ2v) is 5.24. The highest BCUT2D eigenvalue weighted by Crippen LogP contribution is 2.14. The second kappa shape index (κ2) is 6.36. The van der Waals surface area contributed by atoms with Gasteiger partial charge in [0.25, 0.3) is 0 Å². The van der Waals surface area contributed by atoms with Crippen molar-refractivity contribution in [3.8, 4) is 5.75 Å². The molecule has 19 heavy (non-hydrogen) atoms. The number of Topliss-reactive ketones (excluding diaryl/α,β-unsaturated/α-hetero) is 1. The molecule has 0 aliphatic rings. The molecule has 0 aliphatic carbocycles. The maximum Gasteiger partial charge on any atom is 0.306 e. The molecule has 0 spiro atoms. The van der Waals surface area contributed by atoms with E-state index in [1.54, 1.807) is 52.1 Å². The van der Waals surface area contributed by atoms with E-state index in [9.17, 15) is 9.59 Å². The first-order valence-electron chi connectivity index (χ1n) is 6.21. The average Bonchev–Trinajstić information content (AvgIpc) is 2.34. The number of esters is 1. The summed E-state index contributed by atoms with van der Waals surface area (Å²) in [4.78, 5) is 23.4. The lowest BCUT2D eigenvalue weighted by Gasteiger charge is -2.19. The van der Waals surface area contributed by atoms with Gasteiger partial charge in [0.2, 0.25) is 0 Å². The van der Waals surface area contributed by atoms with Crippen molar-refractivity contribution in [1.29, 1.82) is 0 Å². The fourth-order valence-electron chi connectivity index (χ4n) is 1.53. The molecule has 0 radical (unpaired) electrons. The first-order valence-corrected chi connectivity index (χ1v) is 6.21. The van der Waals surface area contributed by atoms with Gasteiger partial charge in [0.15, 0.2) is 5.78 Å². The Kier molecular flexibility index (Phi) is 5.10. The van der Waals surface area contributed by atoms with Crippen molar-refractivity contribution in [2.45, 2.75) is 39.2 Å². The zero-order valence-electron chi connectivity index (χ0n) is 11.9. The van der Waals surface area contributed by atoms with Crippen LogP contribution in [0.5, 0.6) is 5.75 Å². The van der Waals surface area contributed by atoms with Gasteiger partial charge in [0.05, 0.1) is 13.5 Å². The van der Waals surface area contributed by atoms with E-state index < -0.39 is 5.60 Å². The van der Waals surface area contributed by atoms with Gasteiger partial charge in [-0.2, -0.15) is 0 Å². The molecule has 1 aromatic rings. The number of carbonyl (C=O) groups excluding carboxylic acids is 2. The third-order valence-corrected chi connectivity index (χ3v) is 2.39. The Balaban J connectivity index is 2.49. The summed E-state index contributed by atoms with van der Waals surface area (Å²) in [6, 6.07) is 6.83. The molecular formula is C15H20O4. The molecule has 0 N–H and O–H groups in total. The third-order valence-electron chi connectivity index (χ3n) is 2.39. The highest BCUT2D eigenvalue weighted by atomic mass is 16.6. The number of ketones is 1. The van der Waals surface area contributed by atoms with Crippen LogP contribution in [0.25, 0.3) is 0 Å². The molecule has 0 saturated heterocycles. The number of hydrogen-bond acceptors (Lipinski definition) is 4. The van der Waals surface area contributed by atoms with Crippen molar-refractivity contribution in [1.82, 2.24) is 0 Å². The summed E-state index contributed by atoms with van der Waals surface area (Å²) in [6.45, 7) is 5.41. The molecule has 0 saturated carbocycles. The summed E-state index contributed by atoms with van der Waals surface area (Å²) in [5, 5.41) is 0. The molecular weight excluding hydrogens is 244 g/mol. The Morgan fingerprint density at radius 1 is 1.05 bits per heavy atom. The van der Waals surface area contributed by atoms with Crippen LogP contribution in [0, 0.1) is 0 Å². The van der Waals surface area contributed by atoms with Crippen LogP contribution in [0.1, 0.15) is 44.0 Å². The predicted molar refractivity (Wildman–Crippen MR) is 72.4 cm³/mol. The van der Waals surface area contributed by atoms with Crippen molar-refractivity contribution >= 4 is 11.8 Å². The van der Waals surface area contributed by atoms with Crippen molar-refractivity contribution in [3.05, 3.63) is 29.8 Å². The van der Waals surface area contributed by atoms with Gasteiger partial charge in [-0.1, -0.05) is 0 Å². The summed E-state index contributed by atoms with van der Waals surface area (Å²) in [5.41, 5.74) is 0.0598. The Hall–Kier alpha value is -1.84. The van der Waals surface area contributed by atoms with E-state index in [0.29, 0.717) is 11.3 Å². The summed E-state index contributed by atoms with van der Waals surface area (Å²) >= 11 is 0.